The second kappa shape index (κ2) is 7.63. The van der Waals surface area contributed by atoms with Crippen molar-refractivity contribution >= 4 is 23.0 Å². The molecular weight excluding hydrogens is 374 g/mol. The van der Waals surface area contributed by atoms with Gasteiger partial charge in [-0.2, -0.15) is 0 Å². The van der Waals surface area contributed by atoms with Gasteiger partial charge in [-0.1, -0.05) is 30.3 Å². The molecule has 148 valence electrons. The highest BCUT2D eigenvalue weighted by atomic mass is 16.6. The number of rotatable bonds is 6. The Labute approximate surface area is 166 Å². The Hall–Kier alpha value is -3.88. The first kappa shape index (κ1) is 18.5. The van der Waals surface area contributed by atoms with Crippen LogP contribution in [0.3, 0.4) is 0 Å². The monoisotopic (exact) mass is 393 g/mol. The Kier molecular flexibility index (Phi) is 4.86. The van der Waals surface area contributed by atoms with Crippen LogP contribution in [0.5, 0.6) is 5.75 Å². The summed E-state index contributed by atoms with van der Waals surface area (Å²) >= 11 is 0. The molecule has 1 aliphatic rings. The summed E-state index contributed by atoms with van der Waals surface area (Å²) in [5.74, 6) is 0.765. The fourth-order valence-electron chi connectivity index (χ4n) is 3.27. The van der Waals surface area contributed by atoms with Crippen LogP contribution in [0.25, 0.3) is 0 Å². The normalized spacial score (nSPS) is 12.7. The van der Waals surface area contributed by atoms with Crippen LogP contribution in [0.4, 0.5) is 17.1 Å². The van der Waals surface area contributed by atoms with Crippen LogP contribution in [-0.4, -0.2) is 34.0 Å². The van der Waals surface area contributed by atoms with Crippen molar-refractivity contribution in [1.82, 2.24) is 9.55 Å². The van der Waals surface area contributed by atoms with Crippen LogP contribution in [0.2, 0.25) is 0 Å². The second-order valence-electron chi connectivity index (χ2n) is 6.74. The number of carbonyl (C=O) groups is 1. The fourth-order valence-corrected chi connectivity index (χ4v) is 3.27. The Morgan fingerprint density at radius 1 is 1.31 bits per heavy atom. The van der Waals surface area contributed by atoms with Crippen LogP contribution in [0, 0.1) is 10.1 Å². The molecule has 1 amide bonds. The van der Waals surface area contributed by atoms with Crippen molar-refractivity contribution in [1.29, 1.82) is 0 Å². The molecule has 2 aromatic carbocycles. The van der Waals surface area contributed by atoms with Gasteiger partial charge in [0.1, 0.15) is 11.5 Å². The van der Waals surface area contributed by atoms with Gasteiger partial charge in [-0.25, -0.2) is 4.98 Å². The van der Waals surface area contributed by atoms with Crippen LogP contribution < -0.4 is 15.0 Å². The maximum absolute atomic E-state index is 11.6. The zero-order valence-electron chi connectivity index (χ0n) is 15.7. The number of hydrogen-bond acceptors (Lipinski definition) is 6. The third-order valence-corrected chi connectivity index (χ3v) is 4.69. The number of anilines is 2. The highest BCUT2D eigenvalue weighted by Crippen LogP contribution is 2.39. The molecule has 0 saturated carbocycles. The first-order valence-corrected chi connectivity index (χ1v) is 9.01. The maximum Gasteiger partial charge on any atom is 0.296 e. The zero-order valence-corrected chi connectivity index (χ0v) is 15.7. The van der Waals surface area contributed by atoms with Gasteiger partial charge >= 0.3 is 0 Å². The Morgan fingerprint density at radius 2 is 2.10 bits per heavy atom. The minimum Gasteiger partial charge on any atom is -0.481 e. The summed E-state index contributed by atoms with van der Waals surface area (Å²) in [7, 11) is 1.75. The summed E-state index contributed by atoms with van der Waals surface area (Å²) in [6, 6.07) is 12.9. The van der Waals surface area contributed by atoms with E-state index in [1.54, 1.807) is 24.2 Å². The molecule has 0 atom stereocenters. The van der Waals surface area contributed by atoms with Gasteiger partial charge in [0.05, 0.1) is 23.2 Å². The van der Waals surface area contributed by atoms with Gasteiger partial charge in [-0.3, -0.25) is 14.9 Å². The first-order valence-electron chi connectivity index (χ1n) is 9.01. The summed E-state index contributed by atoms with van der Waals surface area (Å²) in [4.78, 5) is 28.9. The SMILES string of the molecule is CN(Cc1nccn1Cc1ccccc1)c1cc2c(cc1[N+](=O)[O-])OCC(=O)N2. The second-order valence-corrected chi connectivity index (χ2v) is 6.74. The first-order chi connectivity index (χ1) is 14.0. The number of imidazole rings is 1. The number of nitrogens with one attached hydrogen (secondary N) is 1. The lowest BCUT2D eigenvalue weighted by atomic mass is 10.2. The third kappa shape index (κ3) is 3.88. The van der Waals surface area contributed by atoms with Crippen molar-refractivity contribution in [3.05, 3.63) is 76.4 Å². The predicted molar refractivity (Wildman–Crippen MR) is 107 cm³/mol. The number of amides is 1. The molecule has 0 bridgehead atoms. The van der Waals surface area contributed by atoms with Crippen molar-refractivity contribution in [3.63, 3.8) is 0 Å². The van der Waals surface area contributed by atoms with Crippen molar-refractivity contribution in [3.8, 4) is 5.75 Å². The van der Waals surface area contributed by atoms with E-state index in [0.29, 0.717) is 30.2 Å². The van der Waals surface area contributed by atoms with E-state index in [0.717, 1.165) is 11.4 Å². The van der Waals surface area contributed by atoms with Crippen LogP contribution in [0.1, 0.15) is 11.4 Å². The standard InChI is InChI=1S/C20H19N5O4/c1-23(12-19-21-7-8-24(19)11-14-5-3-2-4-6-14)16-9-15-18(10-17(16)25(27)28)29-13-20(26)22-15/h2-10H,11-13H2,1H3,(H,22,26). The number of nitrogens with zero attached hydrogens (tertiary/aromatic N) is 4. The predicted octanol–water partition coefficient (Wildman–Crippen LogP) is 2.81. The van der Waals surface area contributed by atoms with E-state index in [1.165, 1.54) is 6.07 Å². The Balaban J connectivity index is 1.61. The van der Waals surface area contributed by atoms with Gasteiger partial charge < -0.3 is 19.5 Å². The molecule has 9 nitrogen and oxygen atoms in total. The van der Waals surface area contributed by atoms with E-state index in [2.05, 4.69) is 10.3 Å². The number of hydrogen-bond donors (Lipinski definition) is 1. The summed E-state index contributed by atoms with van der Waals surface area (Å²) in [5.41, 5.74) is 1.83. The fraction of sp³-hybridized carbons (Fsp3) is 0.200. The maximum atomic E-state index is 11.6. The zero-order chi connectivity index (χ0) is 20.4. The van der Waals surface area contributed by atoms with E-state index >= 15 is 0 Å². The highest BCUT2D eigenvalue weighted by molar-refractivity contribution is 5.96. The summed E-state index contributed by atoms with van der Waals surface area (Å²) in [5, 5.41) is 14.3. The number of nitro benzene ring substituents is 1. The Bertz CT molecular complexity index is 1060. The van der Waals surface area contributed by atoms with E-state index in [4.69, 9.17) is 4.74 Å². The van der Waals surface area contributed by atoms with E-state index in [1.807, 2.05) is 41.1 Å². The molecule has 1 aromatic heterocycles. The molecule has 3 aromatic rings. The van der Waals surface area contributed by atoms with Gasteiger partial charge in [-0.15, -0.1) is 0 Å². The largest absolute Gasteiger partial charge is 0.481 e. The molecule has 1 aliphatic heterocycles. The molecule has 0 spiro atoms. The number of aromatic nitrogens is 2. The highest BCUT2D eigenvalue weighted by Gasteiger charge is 2.26. The summed E-state index contributed by atoms with van der Waals surface area (Å²) < 4.78 is 7.30. The quantitative estimate of drug-likeness (QED) is 0.510. The number of nitro groups is 1. The number of ether oxygens (including phenoxy) is 1. The topological polar surface area (TPSA) is 103 Å². The average Bonchev–Trinajstić information content (AvgIpc) is 3.14. The molecule has 0 saturated heterocycles. The van der Waals surface area contributed by atoms with E-state index < -0.39 is 4.92 Å². The molecule has 29 heavy (non-hydrogen) atoms. The minimum absolute atomic E-state index is 0.0939. The molecule has 1 N–H and O–H groups in total. The lowest BCUT2D eigenvalue weighted by Gasteiger charge is -2.23. The van der Waals surface area contributed by atoms with Crippen molar-refractivity contribution < 1.29 is 14.5 Å². The molecule has 0 unspecified atom stereocenters. The molecule has 0 radical (unpaired) electrons. The van der Waals surface area contributed by atoms with Crippen molar-refractivity contribution in [2.24, 2.45) is 0 Å². The molecule has 2 heterocycles. The van der Waals surface area contributed by atoms with Crippen LogP contribution in [0.15, 0.2) is 54.9 Å². The van der Waals surface area contributed by atoms with Gasteiger partial charge in [0.2, 0.25) is 0 Å². The molecule has 4 rings (SSSR count). The van der Waals surface area contributed by atoms with Crippen LogP contribution in [-0.2, 0) is 17.9 Å². The van der Waals surface area contributed by atoms with Gasteiger partial charge in [0, 0.05) is 26.0 Å². The van der Waals surface area contributed by atoms with E-state index in [-0.39, 0.29) is 18.2 Å². The molecule has 0 aliphatic carbocycles. The third-order valence-electron chi connectivity index (χ3n) is 4.69. The lowest BCUT2D eigenvalue weighted by molar-refractivity contribution is -0.384. The van der Waals surface area contributed by atoms with Crippen molar-refractivity contribution in [2.45, 2.75) is 13.1 Å². The molecule has 0 fully saturated rings. The molecular formula is C20H19N5O4. The summed E-state index contributed by atoms with van der Waals surface area (Å²) in [6.07, 6.45) is 3.59. The van der Waals surface area contributed by atoms with Gasteiger partial charge in [0.15, 0.2) is 12.4 Å². The van der Waals surface area contributed by atoms with Gasteiger partial charge in [0.25, 0.3) is 11.6 Å². The minimum atomic E-state index is -0.456. The average molecular weight is 393 g/mol. The van der Waals surface area contributed by atoms with Crippen molar-refractivity contribution in [2.75, 3.05) is 23.9 Å². The number of fused-ring (bicyclic) bond motifs is 1. The van der Waals surface area contributed by atoms with Gasteiger partial charge in [-0.05, 0) is 11.6 Å². The summed E-state index contributed by atoms with van der Waals surface area (Å²) in [6.45, 7) is 0.852. The molecule has 9 heteroatoms. The number of benzene rings is 2. The number of carbonyl (C=O) groups excluding carboxylic acids is 1. The lowest BCUT2D eigenvalue weighted by Crippen LogP contribution is -2.26. The smallest absolute Gasteiger partial charge is 0.296 e. The van der Waals surface area contributed by atoms with Crippen LogP contribution >= 0.6 is 0 Å². The van der Waals surface area contributed by atoms with E-state index in [9.17, 15) is 14.9 Å². The Morgan fingerprint density at radius 3 is 2.86 bits per heavy atom.